The van der Waals surface area contributed by atoms with E-state index in [0.717, 1.165) is 0 Å². The maximum Gasteiger partial charge on any atom is 0.269 e. The normalized spacial score (nSPS) is 9.88. The van der Waals surface area contributed by atoms with Crippen molar-refractivity contribution in [2.24, 2.45) is 0 Å². The van der Waals surface area contributed by atoms with Crippen LogP contribution in [0.2, 0.25) is 0 Å². The zero-order valence-electron chi connectivity index (χ0n) is 8.83. The molecule has 0 bridgehead atoms. The second-order valence-corrected chi connectivity index (χ2v) is 3.38. The molecule has 0 amide bonds. The summed E-state index contributed by atoms with van der Waals surface area (Å²) in [5.41, 5.74) is 6.30. The Balaban J connectivity index is 2.16. The van der Waals surface area contributed by atoms with Crippen molar-refractivity contribution in [2.45, 2.75) is 0 Å². The van der Waals surface area contributed by atoms with E-state index in [-0.39, 0.29) is 5.69 Å². The fraction of sp³-hybridized carbons (Fsp3) is 0. The highest BCUT2D eigenvalue weighted by molar-refractivity contribution is 5.59. The number of nitrogens with one attached hydrogen (secondary N) is 1. The molecule has 86 valence electrons. The first-order valence-electron chi connectivity index (χ1n) is 4.89. The molecule has 2 aromatic rings. The van der Waals surface area contributed by atoms with Gasteiger partial charge in [-0.1, -0.05) is 6.07 Å². The second kappa shape index (κ2) is 4.48. The van der Waals surface area contributed by atoms with Crippen molar-refractivity contribution >= 4 is 23.0 Å². The molecule has 0 radical (unpaired) electrons. The Morgan fingerprint density at radius 2 is 1.88 bits per heavy atom. The van der Waals surface area contributed by atoms with Crippen molar-refractivity contribution in [1.29, 1.82) is 0 Å². The van der Waals surface area contributed by atoms with E-state index in [9.17, 15) is 10.1 Å². The van der Waals surface area contributed by atoms with Crippen LogP contribution in [0.15, 0.2) is 42.5 Å². The molecule has 0 saturated heterocycles. The fourth-order valence-corrected chi connectivity index (χ4v) is 1.34. The van der Waals surface area contributed by atoms with Gasteiger partial charge in [-0.05, 0) is 24.3 Å². The Morgan fingerprint density at radius 1 is 1.18 bits per heavy atom. The highest BCUT2D eigenvalue weighted by atomic mass is 16.6. The second-order valence-electron chi connectivity index (χ2n) is 3.38. The zero-order chi connectivity index (χ0) is 12.3. The molecule has 3 N–H and O–H groups in total. The van der Waals surface area contributed by atoms with Gasteiger partial charge < -0.3 is 11.1 Å². The van der Waals surface area contributed by atoms with Gasteiger partial charge >= 0.3 is 0 Å². The van der Waals surface area contributed by atoms with Gasteiger partial charge in [0.05, 0.1) is 4.92 Å². The molecule has 0 fully saturated rings. The van der Waals surface area contributed by atoms with Crippen LogP contribution in [0, 0.1) is 10.1 Å². The van der Waals surface area contributed by atoms with Gasteiger partial charge in [0.15, 0.2) is 0 Å². The molecular weight excluding hydrogens is 220 g/mol. The molecule has 0 aliphatic rings. The molecule has 0 unspecified atom stereocenters. The molecule has 2 rings (SSSR count). The lowest BCUT2D eigenvalue weighted by Crippen LogP contribution is -1.96. The number of nitrogens with two attached hydrogens (primary N) is 1. The summed E-state index contributed by atoms with van der Waals surface area (Å²) in [4.78, 5) is 14.1. The number of hydrogen-bond acceptors (Lipinski definition) is 5. The van der Waals surface area contributed by atoms with Crippen LogP contribution in [0.4, 0.5) is 23.0 Å². The van der Waals surface area contributed by atoms with Crippen LogP contribution in [0.3, 0.4) is 0 Å². The highest BCUT2D eigenvalue weighted by Gasteiger charge is 2.04. The highest BCUT2D eigenvalue weighted by Crippen LogP contribution is 2.19. The average molecular weight is 230 g/mol. The van der Waals surface area contributed by atoms with E-state index in [1.807, 2.05) is 0 Å². The number of pyridine rings is 1. The molecule has 6 heteroatoms. The Hall–Kier alpha value is -2.63. The molecule has 0 atom stereocenters. The van der Waals surface area contributed by atoms with Gasteiger partial charge in [-0.25, -0.2) is 4.98 Å². The van der Waals surface area contributed by atoms with Crippen LogP contribution in [-0.4, -0.2) is 9.91 Å². The van der Waals surface area contributed by atoms with Crippen LogP contribution in [0.1, 0.15) is 0 Å². The lowest BCUT2D eigenvalue weighted by molar-refractivity contribution is -0.384. The summed E-state index contributed by atoms with van der Waals surface area (Å²) in [7, 11) is 0. The van der Waals surface area contributed by atoms with Crippen molar-refractivity contribution in [3.8, 4) is 0 Å². The van der Waals surface area contributed by atoms with E-state index in [1.165, 1.54) is 12.1 Å². The predicted molar refractivity (Wildman–Crippen MR) is 65.0 cm³/mol. The molecule has 1 aromatic carbocycles. The first kappa shape index (κ1) is 10.9. The molecule has 17 heavy (non-hydrogen) atoms. The Bertz CT molecular complexity index is 539. The lowest BCUT2D eigenvalue weighted by atomic mass is 10.3. The van der Waals surface area contributed by atoms with Gasteiger partial charge in [0, 0.05) is 17.8 Å². The van der Waals surface area contributed by atoms with E-state index >= 15 is 0 Å². The van der Waals surface area contributed by atoms with Crippen LogP contribution < -0.4 is 11.1 Å². The SMILES string of the molecule is Nc1cccc(Nc2ccc([N+](=O)[O-])cc2)n1. The molecule has 0 aliphatic heterocycles. The van der Waals surface area contributed by atoms with Crippen molar-refractivity contribution < 1.29 is 4.92 Å². The van der Waals surface area contributed by atoms with Gasteiger partial charge in [0.2, 0.25) is 0 Å². The molecular formula is C11H10N4O2. The standard InChI is InChI=1S/C11H10N4O2/c12-10-2-1-3-11(14-10)13-8-4-6-9(7-5-8)15(16)17/h1-7H,(H3,12,13,14). The van der Waals surface area contributed by atoms with E-state index in [0.29, 0.717) is 17.3 Å². The third kappa shape index (κ3) is 2.69. The number of hydrogen-bond donors (Lipinski definition) is 2. The minimum absolute atomic E-state index is 0.0519. The fourth-order valence-electron chi connectivity index (χ4n) is 1.34. The number of benzene rings is 1. The quantitative estimate of drug-likeness (QED) is 0.623. The third-order valence-electron chi connectivity index (χ3n) is 2.12. The first-order chi connectivity index (χ1) is 8.15. The smallest absolute Gasteiger partial charge is 0.269 e. The van der Waals surface area contributed by atoms with Crippen molar-refractivity contribution in [1.82, 2.24) is 4.98 Å². The van der Waals surface area contributed by atoms with Gasteiger partial charge in [-0.2, -0.15) is 0 Å². The summed E-state index contributed by atoms with van der Waals surface area (Å²) < 4.78 is 0. The molecule has 1 heterocycles. The van der Waals surface area contributed by atoms with Crippen LogP contribution in [0.25, 0.3) is 0 Å². The summed E-state index contributed by atoms with van der Waals surface area (Å²) in [6, 6.07) is 11.3. The molecule has 0 spiro atoms. The summed E-state index contributed by atoms with van der Waals surface area (Å²) in [5.74, 6) is 1.01. The number of rotatable bonds is 3. The monoisotopic (exact) mass is 230 g/mol. The van der Waals surface area contributed by atoms with Crippen LogP contribution in [-0.2, 0) is 0 Å². The number of nitro benzene ring substituents is 1. The number of nitrogen functional groups attached to an aromatic ring is 1. The molecule has 0 saturated carbocycles. The topological polar surface area (TPSA) is 94.1 Å². The molecule has 6 nitrogen and oxygen atoms in total. The Kier molecular flexibility index (Phi) is 2.87. The van der Waals surface area contributed by atoms with Crippen LogP contribution >= 0.6 is 0 Å². The predicted octanol–water partition coefficient (Wildman–Crippen LogP) is 2.32. The number of non-ortho nitro benzene ring substituents is 1. The Morgan fingerprint density at radius 3 is 2.47 bits per heavy atom. The number of aromatic nitrogens is 1. The summed E-state index contributed by atoms with van der Waals surface area (Å²) in [5, 5.41) is 13.5. The lowest BCUT2D eigenvalue weighted by Gasteiger charge is -2.05. The van der Waals surface area contributed by atoms with Gasteiger partial charge in [0.1, 0.15) is 11.6 Å². The molecule has 0 aliphatic carbocycles. The summed E-state index contributed by atoms with van der Waals surface area (Å²) in [6.45, 7) is 0. The summed E-state index contributed by atoms with van der Waals surface area (Å²) in [6.07, 6.45) is 0. The van der Waals surface area contributed by atoms with Crippen LogP contribution in [0.5, 0.6) is 0 Å². The third-order valence-corrected chi connectivity index (χ3v) is 2.12. The van der Waals surface area contributed by atoms with E-state index < -0.39 is 4.92 Å². The number of nitrogens with zero attached hydrogens (tertiary/aromatic N) is 2. The van der Waals surface area contributed by atoms with Gasteiger partial charge in [-0.15, -0.1) is 0 Å². The first-order valence-corrected chi connectivity index (χ1v) is 4.89. The maximum atomic E-state index is 10.5. The van der Waals surface area contributed by atoms with E-state index in [2.05, 4.69) is 10.3 Å². The zero-order valence-corrected chi connectivity index (χ0v) is 8.83. The minimum atomic E-state index is -0.442. The molecule has 1 aromatic heterocycles. The maximum absolute atomic E-state index is 10.5. The number of nitro groups is 1. The number of anilines is 3. The average Bonchev–Trinajstić information content (AvgIpc) is 2.29. The summed E-state index contributed by atoms with van der Waals surface area (Å²) >= 11 is 0. The largest absolute Gasteiger partial charge is 0.384 e. The van der Waals surface area contributed by atoms with Gasteiger partial charge in [-0.3, -0.25) is 10.1 Å². The van der Waals surface area contributed by atoms with E-state index in [4.69, 9.17) is 5.73 Å². The van der Waals surface area contributed by atoms with Crippen molar-refractivity contribution in [3.05, 3.63) is 52.6 Å². The van der Waals surface area contributed by atoms with Gasteiger partial charge in [0.25, 0.3) is 5.69 Å². The van der Waals surface area contributed by atoms with E-state index in [1.54, 1.807) is 30.3 Å². The van der Waals surface area contributed by atoms with Crippen molar-refractivity contribution in [2.75, 3.05) is 11.1 Å². The Labute approximate surface area is 97.3 Å². The van der Waals surface area contributed by atoms with Crippen molar-refractivity contribution in [3.63, 3.8) is 0 Å². The minimum Gasteiger partial charge on any atom is -0.384 e.